The summed E-state index contributed by atoms with van der Waals surface area (Å²) in [6, 6.07) is 0. The summed E-state index contributed by atoms with van der Waals surface area (Å²) >= 11 is 7.48. The third-order valence-corrected chi connectivity index (χ3v) is 5.80. The normalized spacial score (nSPS) is 19.5. The predicted octanol–water partition coefficient (Wildman–Crippen LogP) is 5.00. The van der Waals surface area contributed by atoms with Gasteiger partial charge in [-0.25, -0.2) is 0 Å². The van der Waals surface area contributed by atoms with Crippen LogP contribution in [0.4, 0.5) is 0 Å². The van der Waals surface area contributed by atoms with Crippen molar-refractivity contribution in [3.8, 4) is 0 Å². The van der Waals surface area contributed by atoms with Crippen LogP contribution in [-0.4, -0.2) is 10.7 Å². The SMILES string of the molecule is CC(C)CC(CBr)(CBr)C1CCCC1. The van der Waals surface area contributed by atoms with Gasteiger partial charge in [0.2, 0.25) is 0 Å². The average molecular weight is 326 g/mol. The molecule has 1 aliphatic rings. The second kappa shape index (κ2) is 5.89. The van der Waals surface area contributed by atoms with Crippen LogP contribution in [0.2, 0.25) is 0 Å². The largest absolute Gasteiger partial charge is 0.0922 e. The van der Waals surface area contributed by atoms with Crippen LogP contribution < -0.4 is 0 Å². The molecule has 0 N–H and O–H groups in total. The van der Waals surface area contributed by atoms with E-state index in [1.807, 2.05) is 0 Å². The van der Waals surface area contributed by atoms with Gasteiger partial charge < -0.3 is 0 Å². The molecule has 1 rings (SSSR count). The van der Waals surface area contributed by atoms with Crippen LogP contribution in [0.5, 0.6) is 0 Å². The van der Waals surface area contributed by atoms with Crippen molar-refractivity contribution in [2.24, 2.45) is 17.3 Å². The molecule has 0 heterocycles. The van der Waals surface area contributed by atoms with Gasteiger partial charge in [-0.15, -0.1) is 0 Å². The van der Waals surface area contributed by atoms with E-state index < -0.39 is 0 Å². The number of alkyl halides is 2. The molecule has 1 fully saturated rings. The summed E-state index contributed by atoms with van der Waals surface area (Å²) in [5.74, 6) is 1.76. The van der Waals surface area contributed by atoms with E-state index in [1.54, 1.807) is 0 Å². The van der Waals surface area contributed by atoms with E-state index in [0.29, 0.717) is 5.41 Å². The summed E-state index contributed by atoms with van der Waals surface area (Å²) in [4.78, 5) is 0. The molecule has 1 aliphatic carbocycles. The summed E-state index contributed by atoms with van der Waals surface area (Å²) < 4.78 is 0. The minimum absolute atomic E-state index is 0.519. The molecule has 2 heteroatoms. The highest BCUT2D eigenvalue weighted by Crippen LogP contribution is 2.46. The lowest BCUT2D eigenvalue weighted by Gasteiger charge is -2.38. The minimum Gasteiger partial charge on any atom is -0.0922 e. The Bertz CT molecular complexity index is 156. The molecule has 14 heavy (non-hydrogen) atoms. The van der Waals surface area contributed by atoms with Crippen LogP contribution in [0.15, 0.2) is 0 Å². The molecule has 0 aromatic carbocycles. The maximum absolute atomic E-state index is 3.74. The lowest BCUT2D eigenvalue weighted by Crippen LogP contribution is -2.34. The van der Waals surface area contributed by atoms with Crippen LogP contribution in [0.1, 0.15) is 46.0 Å². The fourth-order valence-electron chi connectivity index (χ4n) is 2.88. The molecule has 0 aliphatic heterocycles. The van der Waals surface area contributed by atoms with Crippen LogP contribution >= 0.6 is 31.9 Å². The standard InChI is InChI=1S/C12H22Br2/c1-10(2)7-12(8-13,9-14)11-5-3-4-6-11/h10-11H,3-9H2,1-2H3. The molecule has 1 saturated carbocycles. The van der Waals surface area contributed by atoms with E-state index in [1.165, 1.54) is 32.1 Å². The molecule has 0 radical (unpaired) electrons. The Morgan fingerprint density at radius 2 is 1.64 bits per heavy atom. The second-order valence-electron chi connectivity index (χ2n) is 5.21. The Morgan fingerprint density at radius 3 is 2.00 bits per heavy atom. The van der Waals surface area contributed by atoms with Gasteiger partial charge in [0, 0.05) is 10.7 Å². The van der Waals surface area contributed by atoms with Gasteiger partial charge in [-0.05, 0) is 36.5 Å². The molecule has 0 aromatic heterocycles. The Kier molecular flexibility index (Phi) is 5.48. The third-order valence-electron chi connectivity index (χ3n) is 3.57. The first kappa shape index (κ1) is 13.0. The van der Waals surface area contributed by atoms with Crippen LogP contribution in [0, 0.1) is 17.3 Å². The van der Waals surface area contributed by atoms with Crippen molar-refractivity contribution in [3.63, 3.8) is 0 Å². The van der Waals surface area contributed by atoms with Crippen molar-refractivity contribution in [3.05, 3.63) is 0 Å². The topological polar surface area (TPSA) is 0 Å². The quantitative estimate of drug-likeness (QED) is 0.624. The van der Waals surface area contributed by atoms with E-state index in [4.69, 9.17) is 0 Å². The number of hydrogen-bond donors (Lipinski definition) is 0. The third kappa shape index (κ3) is 2.98. The Labute approximate surface area is 105 Å². The first-order valence-corrected chi connectivity index (χ1v) is 8.01. The number of hydrogen-bond acceptors (Lipinski definition) is 0. The number of rotatable bonds is 5. The first-order valence-electron chi connectivity index (χ1n) is 5.76. The van der Waals surface area contributed by atoms with Gasteiger partial charge >= 0.3 is 0 Å². The lowest BCUT2D eigenvalue weighted by molar-refractivity contribution is 0.190. The zero-order valence-corrected chi connectivity index (χ0v) is 12.5. The van der Waals surface area contributed by atoms with E-state index in [2.05, 4.69) is 45.7 Å². The summed E-state index contributed by atoms with van der Waals surface area (Å²) in [6.45, 7) is 4.68. The van der Waals surface area contributed by atoms with Crippen molar-refractivity contribution in [2.45, 2.75) is 46.0 Å². The fourth-order valence-corrected chi connectivity index (χ4v) is 5.18. The summed E-state index contributed by atoms with van der Waals surface area (Å²) in [7, 11) is 0. The monoisotopic (exact) mass is 324 g/mol. The molecule has 84 valence electrons. The van der Waals surface area contributed by atoms with Crippen LogP contribution in [0.3, 0.4) is 0 Å². The molecular formula is C12H22Br2. The maximum atomic E-state index is 3.74. The van der Waals surface area contributed by atoms with Crippen molar-refractivity contribution in [1.82, 2.24) is 0 Å². The molecule has 0 unspecified atom stereocenters. The lowest BCUT2D eigenvalue weighted by atomic mass is 9.72. The Hall–Kier alpha value is 0.960. The molecule has 0 spiro atoms. The van der Waals surface area contributed by atoms with Crippen LogP contribution in [0.25, 0.3) is 0 Å². The molecule has 0 amide bonds. The van der Waals surface area contributed by atoms with Crippen molar-refractivity contribution < 1.29 is 0 Å². The highest BCUT2D eigenvalue weighted by Gasteiger charge is 2.38. The number of halogens is 2. The van der Waals surface area contributed by atoms with Gasteiger partial charge in [0.05, 0.1) is 0 Å². The van der Waals surface area contributed by atoms with Crippen molar-refractivity contribution >= 4 is 31.9 Å². The summed E-state index contributed by atoms with van der Waals surface area (Å²) in [5, 5.41) is 2.32. The van der Waals surface area contributed by atoms with E-state index in [-0.39, 0.29) is 0 Å². The highest BCUT2D eigenvalue weighted by atomic mass is 79.9. The van der Waals surface area contributed by atoms with Crippen molar-refractivity contribution in [1.29, 1.82) is 0 Å². The maximum Gasteiger partial charge on any atom is 0.00987 e. The van der Waals surface area contributed by atoms with Gasteiger partial charge in [0.1, 0.15) is 0 Å². The first-order chi connectivity index (χ1) is 6.64. The predicted molar refractivity (Wildman–Crippen MR) is 71.4 cm³/mol. The molecule has 0 nitrogen and oxygen atoms in total. The van der Waals surface area contributed by atoms with Gasteiger partial charge in [0.15, 0.2) is 0 Å². The Balaban J connectivity index is 2.67. The van der Waals surface area contributed by atoms with Gasteiger partial charge in [-0.3, -0.25) is 0 Å². The molecule has 0 saturated heterocycles. The zero-order valence-electron chi connectivity index (χ0n) is 9.36. The zero-order chi connectivity index (χ0) is 10.6. The van der Waals surface area contributed by atoms with Gasteiger partial charge in [-0.1, -0.05) is 58.5 Å². The van der Waals surface area contributed by atoms with Gasteiger partial charge in [0.25, 0.3) is 0 Å². The van der Waals surface area contributed by atoms with E-state index in [0.717, 1.165) is 22.5 Å². The highest BCUT2D eigenvalue weighted by molar-refractivity contribution is 9.09. The molecule has 0 atom stereocenters. The van der Waals surface area contributed by atoms with Gasteiger partial charge in [-0.2, -0.15) is 0 Å². The second-order valence-corrected chi connectivity index (χ2v) is 6.33. The average Bonchev–Trinajstić information content (AvgIpc) is 2.67. The summed E-state index contributed by atoms with van der Waals surface area (Å²) in [5.41, 5.74) is 0.519. The molecule has 0 bridgehead atoms. The molecule has 0 aromatic rings. The van der Waals surface area contributed by atoms with Crippen molar-refractivity contribution in [2.75, 3.05) is 10.7 Å². The molecular weight excluding hydrogens is 304 g/mol. The summed E-state index contributed by atoms with van der Waals surface area (Å²) in [6.07, 6.45) is 7.15. The van der Waals surface area contributed by atoms with E-state index >= 15 is 0 Å². The van der Waals surface area contributed by atoms with E-state index in [9.17, 15) is 0 Å². The van der Waals surface area contributed by atoms with Crippen LogP contribution in [-0.2, 0) is 0 Å². The fraction of sp³-hybridized carbons (Fsp3) is 1.00. The minimum atomic E-state index is 0.519. The smallest absolute Gasteiger partial charge is 0.00987 e. The Morgan fingerprint density at radius 1 is 1.14 bits per heavy atom.